The lowest BCUT2D eigenvalue weighted by atomic mass is 10.00. The van der Waals surface area contributed by atoms with Gasteiger partial charge in [0.1, 0.15) is 23.6 Å². The van der Waals surface area contributed by atoms with Gasteiger partial charge in [0.15, 0.2) is 5.82 Å². The Morgan fingerprint density at radius 3 is 2.96 bits per heavy atom. The van der Waals surface area contributed by atoms with E-state index in [1.54, 1.807) is 18.5 Å². The lowest BCUT2D eigenvalue weighted by Gasteiger charge is -2.13. The topological polar surface area (TPSA) is 92.9 Å². The molecule has 26 heavy (non-hydrogen) atoms. The highest BCUT2D eigenvalue weighted by atomic mass is 16.3. The molecule has 132 valence electrons. The van der Waals surface area contributed by atoms with Gasteiger partial charge in [0.25, 0.3) is 5.91 Å². The molecular weight excluding hydrogens is 330 g/mol. The highest BCUT2D eigenvalue weighted by Crippen LogP contribution is 2.22. The van der Waals surface area contributed by atoms with Gasteiger partial charge in [-0.25, -0.2) is 4.98 Å². The first-order valence-electron chi connectivity index (χ1n) is 8.69. The summed E-state index contributed by atoms with van der Waals surface area (Å²) in [6.45, 7) is 0.822. The number of fused-ring (bicyclic) bond motifs is 5. The van der Waals surface area contributed by atoms with Crippen LogP contribution >= 0.6 is 0 Å². The fourth-order valence-electron chi connectivity index (χ4n) is 3.20. The monoisotopic (exact) mass is 349 g/mol. The molecule has 7 nitrogen and oxygen atoms in total. The molecule has 0 fully saturated rings. The highest BCUT2D eigenvalue weighted by Gasteiger charge is 2.15. The zero-order valence-electron chi connectivity index (χ0n) is 14.2. The molecule has 0 saturated carbocycles. The number of aromatic hydroxyl groups is 1. The Hall–Kier alpha value is -3.22. The van der Waals surface area contributed by atoms with Gasteiger partial charge in [0.05, 0.1) is 0 Å². The summed E-state index contributed by atoms with van der Waals surface area (Å²) in [5.74, 6) is 0.929. The molecule has 2 aromatic heterocycles. The molecule has 0 atom stereocenters. The van der Waals surface area contributed by atoms with E-state index in [9.17, 15) is 9.90 Å². The maximum atomic E-state index is 12.7. The summed E-state index contributed by atoms with van der Waals surface area (Å²) in [4.78, 5) is 17.2. The van der Waals surface area contributed by atoms with Crippen LogP contribution in [0.5, 0.6) is 5.75 Å². The second kappa shape index (κ2) is 6.95. The van der Waals surface area contributed by atoms with Crippen molar-refractivity contribution in [2.45, 2.75) is 32.2 Å². The first-order chi connectivity index (χ1) is 12.7. The number of nitrogens with one attached hydrogen (secondary N) is 1. The summed E-state index contributed by atoms with van der Waals surface area (Å²) in [6, 6.07) is 10.4. The summed E-state index contributed by atoms with van der Waals surface area (Å²) in [5.41, 5.74) is 2.07. The zero-order chi connectivity index (χ0) is 17.9. The van der Waals surface area contributed by atoms with Crippen molar-refractivity contribution in [2.24, 2.45) is 0 Å². The van der Waals surface area contributed by atoms with Crippen LogP contribution in [0.3, 0.4) is 0 Å². The number of anilines is 1. The lowest BCUT2D eigenvalue weighted by molar-refractivity contribution is 0.102. The largest absolute Gasteiger partial charge is 0.508 e. The number of rotatable bonds is 0. The van der Waals surface area contributed by atoms with Crippen molar-refractivity contribution in [3.05, 3.63) is 53.9 Å². The minimum atomic E-state index is -0.279. The average molecular weight is 349 g/mol. The Kier molecular flexibility index (Phi) is 4.35. The summed E-state index contributed by atoms with van der Waals surface area (Å²) < 4.78 is 1.99. The van der Waals surface area contributed by atoms with E-state index in [0.29, 0.717) is 22.9 Å². The Labute approximate surface area is 150 Å². The maximum absolute atomic E-state index is 12.7. The van der Waals surface area contributed by atoms with E-state index in [1.165, 1.54) is 6.07 Å². The molecule has 3 heterocycles. The van der Waals surface area contributed by atoms with Crippen molar-refractivity contribution in [3.63, 3.8) is 0 Å². The third-order valence-corrected chi connectivity index (χ3v) is 4.52. The Morgan fingerprint density at radius 2 is 2.04 bits per heavy atom. The van der Waals surface area contributed by atoms with Crippen molar-refractivity contribution >= 4 is 11.7 Å². The predicted octanol–water partition coefficient (Wildman–Crippen LogP) is 3.02. The molecule has 1 amide bonds. The molecule has 1 aliphatic heterocycles. The quantitative estimate of drug-likeness (QED) is 0.651. The number of benzene rings is 1. The van der Waals surface area contributed by atoms with E-state index in [1.807, 2.05) is 22.8 Å². The maximum Gasteiger partial charge on any atom is 0.257 e. The summed E-state index contributed by atoms with van der Waals surface area (Å²) in [7, 11) is 0. The Bertz CT molecular complexity index is 951. The van der Waals surface area contributed by atoms with Crippen molar-refractivity contribution < 1.29 is 9.90 Å². The number of phenols is 1. The minimum absolute atomic E-state index is 0.0785. The molecule has 0 saturated heterocycles. The van der Waals surface area contributed by atoms with Crippen molar-refractivity contribution in [3.8, 4) is 17.3 Å². The van der Waals surface area contributed by atoms with Gasteiger partial charge in [-0.2, -0.15) is 0 Å². The summed E-state index contributed by atoms with van der Waals surface area (Å²) in [5, 5.41) is 20.8. The second-order valence-corrected chi connectivity index (χ2v) is 6.36. The molecule has 2 bridgehead atoms. The smallest absolute Gasteiger partial charge is 0.257 e. The number of carbonyl (C=O) groups excluding carboxylic acids is 1. The van der Waals surface area contributed by atoms with Gasteiger partial charge in [-0.1, -0.05) is 18.6 Å². The standard InChI is InChI=1S/C19H19N5O2/c25-14-9-8-13-5-2-1-3-10-24-12-20-23-18(24)16-6-4-7-17(21-16)22-19(26)15(13)11-14/h4,6-9,11-12,25H,1-3,5,10H2,(H,21,22,26). The third-order valence-electron chi connectivity index (χ3n) is 4.52. The first kappa shape index (κ1) is 16.3. The van der Waals surface area contributed by atoms with Crippen LogP contribution in [0.2, 0.25) is 0 Å². The van der Waals surface area contributed by atoms with Crippen molar-refractivity contribution in [2.75, 3.05) is 5.32 Å². The van der Waals surface area contributed by atoms with E-state index >= 15 is 0 Å². The van der Waals surface area contributed by atoms with Gasteiger partial charge in [-0.15, -0.1) is 10.2 Å². The van der Waals surface area contributed by atoms with Crippen LogP contribution in [0.15, 0.2) is 42.7 Å². The van der Waals surface area contributed by atoms with Gasteiger partial charge >= 0.3 is 0 Å². The van der Waals surface area contributed by atoms with Gasteiger partial charge < -0.3 is 15.0 Å². The molecule has 4 rings (SSSR count). The fourth-order valence-corrected chi connectivity index (χ4v) is 3.20. The molecule has 3 aromatic rings. The molecule has 0 spiro atoms. The molecule has 1 aliphatic rings. The van der Waals surface area contributed by atoms with Crippen LogP contribution in [-0.4, -0.2) is 30.8 Å². The number of phenolic OH excluding ortho intramolecular Hbond substituents is 1. The van der Waals surface area contributed by atoms with Gasteiger partial charge in [0.2, 0.25) is 0 Å². The lowest BCUT2D eigenvalue weighted by Crippen LogP contribution is -2.16. The molecule has 0 unspecified atom stereocenters. The molecule has 1 aromatic carbocycles. The van der Waals surface area contributed by atoms with E-state index in [4.69, 9.17) is 0 Å². The predicted molar refractivity (Wildman–Crippen MR) is 96.9 cm³/mol. The van der Waals surface area contributed by atoms with E-state index < -0.39 is 0 Å². The van der Waals surface area contributed by atoms with Gasteiger partial charge in [-0.3, -0.25) is 4.79 Å². The van der Waals surface area contributed by atoms with E-state index in [2.05, 4.69) is 20.5 Å². The van der Waals surface area contributed by atoms with Crippen LogP contribution < -0.4 is 5.32 Å². The number of hydrogen-bond acceptors (Lipinski definition) is 5. The van der Waals surface area contributed by atoms with Crippen LogP contribution in [0.25, 0.3) is 11.5 Å². The number of hydrogen-bond donors (Lipinski definition) is 2. The second-order valence-electron chi connectivity index (χ2n) is 6.36. The fraction of sp³-hybridized carbons (Fsp3) is 0.263. The van der Waals surface area contributed by atoms with Crippen LogP contribution in [0.4, 0.5) is 5.82 Å². The number of pyridine rings is 1. The molecular formula is C19H19N5O2. The number of nitrogens with zero attached hydrogens (tertiary/aromatic N) is 4. The number of aryl methyl sites for hydroxylation is 2. The SMILES string of the molecule is O=C1Nc2cccc(n2)-c2nncn2CCCCCc2ccc(O)cc21. The molecule has 0 aliphatic carbocycles. The number of carbonyl (C=O) groups is 1. The van der Waals surface area contributed by atoms with Crippen LogP contribution in [0, 0.1) is 0 Å². The Morgan fingerprint density at radius 1 is 1.12 bits per heavy atom. The van der Waals surface area contributed by atoms with Crippen LogP contribution in [0.1, 0.15) is 35.2 Å². The minimum Gasteiger partial charge on any atom is -0.508 e. The molecule has 2 N–H and O–H groups in total. The number of aromatic nitrogens is 4. The first-order valence-corrected chi connectivity index (χ1v) is 8.69. The average Bonchev–Trinajstić information content (AvgIpc) is 3.10. The van der Waals surface area contributed by atoms with Gasteiger partial charge in [0, 0.05) is 12.1 Å². The summed E-state index contributed by atoms with van der Waals surface area (Å²) >= 11 is 0. The van der Waals surface area contributed by atoms with Crippen molar-refractivity contribution in [1.82, 2.24) is 19.7 Å². The summed E-state index contributed by atoms with van der Waals surface area (Å²) in [6.07, 6.45) is 5.47. The van der Waals surface area contributed by atoms with E-state index in [0.717, 1.165) is 37.8 Å². The zero-order valence-corrected chi connectivity index (χ0v) is 14.2. The molecule has 7 heteroatoms. The van der Waals surface area contributed by atoms with Crippen molar-refractivity contribution in [1.29, 1.82) is 0 Å². The van der Waals surface area contributed by atoms with Crippen LogP contribution in [-0.2, 0) is 13.0 Å². The Balaban J connectivity index is 1.74. The van der Waals surface area contributed by atoms with E-state index in [-0.39, 0.29) is 11.7 Å². The normalized spacial score (nSPS) is 14.7. The number of amides is 1. The highest BCUT2D eigenvalue weighted by molar-refractivity contribution is 6.05. The third kappa shape index (κ3) is 3.28. The molecule has 0 radical (unpaired) electrons. The van der Waals surface area contributed by atoms with Gasteiger partial charge in [-0.05, 0) is 49.1 Å².